The first-order valence-corrected chi connectivity index (χ1v) is 14.8. The van der Waals surface area contributed by atoms with Gasteiger partial charge in [0.25, 0.3) is 5.91 Å². The van der Waals surface area contributed by atoms with E-state index in [0.717, 1.165) is 31.6 Å². The summed E-state index contributed by atoms with van der Waals surface area (Å²) < 4.78 is 28.7. The molecule has 0 saturated carbocycles. The van der Waals surface area contributed by atoms with Crippen LogP contribution in [0.3, 0.4) is 0 Å². The van der Waals surface area contributed by atoms with E-state index in [1.165, 1.54) is 11.1 Å². The lowest BCUT2D eigenvalue weighted by molar-refractivity contribution is -0.123. The molecule has 42 heavy (non-hydrogen) atoms. The summed E-state index contributed by atoms with van der Waals surface area (Å²) in [5, 5.41) is 2.73. The van der Waals surface area contributed by atoms with E-state index >= 15 is 0 Å². The number of nitrogens with two attached hydrogens (primary N) is 1. The van der Waals surface area contributed by atoms with Gasteiger partial charge in [-0.1, -0.05) is 18.2 Å². The van der Waals surface area contributed by atoms with Crippen LogP contribution in [0.5, 0.6) is 17.2 Å². The minimum Gasteiger partial charge on any atom is -0.485 e. The fourth-order valence-electron chi connectivity index (χ4n) is 7.00. The molecule has 4 atom stereocenters. The van der Waals surface area contributed by atoms with Gasteiger partial charge in [0.05, 0.1) is 32.0 Å². The number of carbonyl (C=O) groups is 2. The first-order chi connectivity index (χ1) is 20.5. The molecule has 2 bridgehead atoms. The number of ether oxygens (including phenoxy) is 5. The number of likely N-dealkylation sites (N-methyl/N-ethyl adjacent to an activating group) is 1. The van der Waals surface area contributed by atoms with Gasteiger partial charge in [-0.25, -0.2) is 4.79 Å². The van der Waals surface area contributed by atoms with Crippen molar-refractivity contribution >= 4 is 11.9 Å². The van der Waals surface area contributed by atoms with Crippen molar-refractivity contribution in [2.45, 2.75) is 36.8 Å². The van der Waals surface area contributed by atoms with Crippen molar-refractivity contribution in [2.75, 3.05) is 59.7 Å². The van der Waals surface area contributed by atoms with Crippen LogP contribution in [-0.4, -0.2) is 88.6 Å². The van der Waals surface area contributed by atoms with Crippen LogP contribution in [0, 0.1) is 5.92 Å². The monoisotopic (exact) mass is 577 g/mol. The molecule has 10 nitrogen and oxygen atoms in total. The maximum Gasteiger partial charge on any atom is 0.343 e. The predicted octanol–water partition coefficient (Wildman–Crippen LogP) is 2.23. The van der Waals surface area contributed by atoms with Crippen LogP contribution in [0.15, 0.2) is 48.6 Å². The van der Waals surface area contributed by atoms with Gasteiger partial charge >= 0.3 is 5.97 Å². The van der Waals surface area contributed by atoms with Crippen molar-refractivity contribution in [1.82, 2.24) is 10.2 Å². The molecule has 6 rings (SSSR count). The van der Waals surface area contributed by atoms with E-state index in [9.17, 15) is 9.59 Å². The number of piperidine rings is 1. The summed E-state index contributed by atoms with van der Waals surface area (Å²) in [5.74, 6) is 1.36. The average Bonchev–Trinajstić information content (AvgIpc) is 3.35. The van der Waals surface area contributed by atoms with Gasteiger partial charge in [0, 0.05) is 42.4 Å². The molecule has 1 fully saturated rings. The first kappa shape index (κ1) is 28.7. The Morgan fingerprint density at radius 3 is 2.71 bits per heavy atom. The number of carbonyl (C=O) groups excluding carboxylic acids is 2. The second-order valence-corrected chi connectivity index (χ2v) is 11.3. The summed E-state index contributed by atoms with van der Waals surface area (Å²) in [6, 6.07) is 11.0. The number of nitrogens with zero attached hydrogens (tertiary/aromatic N) is 1. The highest BCUT2D eigenvalue weighted by molar-refractivity contribution is 5.91. The van der Waals surface area contributed by atoms with E-state index in [4.69, 9.17) is 29.4 Å². The number of esters is 1. The van der Waals surface area contributed by atoms with Crippen LogP contribution in [0.25, 0.3) is 0 Å². The largest absolute Gasteiger partial charge is 0.485 e. The molecule has 3 unspecified atom stereocenters. The zero-order chi connectivity index (χ0) is 29.1. The quantitative estimate of drug-likeness (QED) is 0.160. The number of hydrogen-bond donors (Lipinski definition) is 2. The van der Waals surface area contributed by atoms with Crippen LogP contribution in [0.2, 0.25) is 0 Å². The summed E-state index contributed by atoms with van der Waals surface area (Å²) in [6.07, 6.45) is 7.59. The summed E-state index contributed by atoms with van der Waals surface area (Å²) in [4.78, 5) is 27.7. The van der Waals surface area contributed by atoms with E-state index in [0.29, 0.717) is 68.5 Å². The minimum absolute atomic E-state index is 0.0467. The molecule has 2 aromatic rings. The Bertz CT molecular complexity index is 1330. The number of benzene rings is 2. The predicted molar refractivity (Wildman–Crippen MR) is 155 cm³/mol. The second-order valence-electron chi connectivity index (χ2n) is 11.3. The van der Waals surface area contributed by atoms with Gasteiger partial charge in [0.1, 0.15) is 11.9 Å². The third-order valence-corrected chi connectivity index (χ3v) is 8.95. The van der Waals surface area contributed by atoms with Crippen molar-refractivity contribution in [3.8, 4) is 17.2 Å². The Morgan fingerprint density at radius 1 is 1.10 bits per heavy atom. The SMILES string of the molecule is CN1CC[C@@]23c4c5ccc(OC(=O)c6ccc(OCC(=O)NCCOCCOCCN)cc6)c4OC2CC=CC3C1C5. The Labute approximate surface area is 246 Å². The molecule has 1 spiro atoms. The molecule has 0 aromatic heterocycles. The molecule has 10 heteroatoms. The van der Waals surface area contributed by atoms with Gasteiger partial charge in [-0.15, -0.1) is 0 Å². The lowest BCUT2D eigenvalue weighted by Gasteiger charge is -2.55. The Hall–Kier alpha value is -3.44. The van der Waals surface area contributed by atoms with Crippen molar-refractivity contribution in [3.05, 3.63) is 65.2 Å². The van der Waals surface area contributed by atoms with E-state index in [2.05, 4.69) is 35.5 Å². The molecule has 2 aromatic carbocycles. The fraction of sp³-hybridized carbons (Fsp3) is 0.500. The molecular weight excluding hydrogens is 538 g/mol. The van der Waals surface area contributed by atoms with E-state index < -0.39 is 5.97 Å². The Balaban J connectivity index is 1.03. The average molecular weight is 578 g/mol. The summed E-state index contributed by atoms with van der Waals surface area (Å²) >= 11 is 0. The maximum atomic E-state index is 13.1. The van der Waals surface area contributed by atoms with E-state index in [1.54, 1.807) is 24.3 Å². The third kappa shape index (κ3) is 5.40. The maximum absolute atomic E-state index is 13.1. The lowest BCUT2D eigenvalue weighted by atomic mass is 9.54. The van der Waals surface area contributed by atoms with Gasteiger partial charge in [-0.05, 0) is 62.3 Å². The molecule has 2 aliphatic carbocycles. The number of hydrogen-bond acceptors (Lipinski definition) is 9. The van der Waals surface area contributed by atoms with Gasteiger partial charge in [0.15, 0.2) is 18.1 Å². The molecule has 3 N–H and O–H groups in total. The third-order valence-electron chi connectivity index (χ3n) is 8.95. The number of likely N-dealkylation sites (tertiary alicyclic amines) is 1. The molecule has 4 aliphatic rings. The standard InChI is InChI=1S/C32H39N3O7/c1-35-14-11-32-24-3-2-4-27(32)42-30-26(10-7-22(29(30)32)19-25(24)35)41-31(37)21-5-8-23(9-6-21)40-20-28(36)34-13-16-39-18-17-38-15-12-33/h2-3,5-10,24-25,27H,4,11-20,33H2,1H3,(H,34,36)/t24?,25?,27?,32-/m0/s1. The lowest BCUT2D eigenvalue weighted by Crippen LogP contribution is -2.62. The molecule has 224 valence electrons. The smallest absolute Gasteiger partial charge is 0.343 e. The summed E-state index contributed by atoms with van der Waals surface area (Å²) in [5.41, 5.74) is 8.25. The number of nitrogens with one attached hydrogen (secondary N) is 1. The Kier molecular flexibility index (Phi) is 8.48. The second kappa shape index (κ2) is 12.4. The van der Waals surface area contributed by atoms with Crippen molar-refractivity contribution < 1.29 is 33.3 Å². The molecule has 0 radical (unpaired) electrons. The van der Waals surface area contributed by atoms with Crippen LogP contribution < -0.4 is 25.3 Å². The van der Waals surface area contributed by atoms with E-state index in [-0.39, 0.29) is 24.0 Å². The first-order valence-electron chi connectivity index (χ1n) is 14.8. The number of amides is 1. The normalized spacial score (nSPS) is 25.0. The molecule has 1 saturated heterocycles. The highest BCUT2D eigenvalue weighted by Crippen LogP contribution is 2.62. The van der Waals surface area contributed by atoms with Crippen LogP contribution in [-0.2, 0) is 26.1 Å². The highest BCUT2D eigenvalue weighted by atomic mass is 16.6. The van der Waals surface area contributed by atoms with Gasteiger partial charge in [-0.3, -0.25) is 4.79 Å². The molecule has 1 amide bonds. The molecule has 2 heterocycles. The Morgan fingerprint density at radius 2 is 1.90 bits per heavy atom. The summed E-state index contributed by atoms with van der Waals surface area (Å²) in [6.45, 7) is 3.53. The van der Waals surface area contributed by atoms with Crippen LogP contribution in [0.1, 0.15) is 34.3 Å². The number of rotatable bonds is 13. The van der Waals surface area contributed by atoms with Gasteiger partial charge in [0.2, 0.25) is 0 Å². The van der Waals surface area contributed by atoms with Gasteiger partial charge < -0.3 is 39.6 Å². The highest BCUT2D eigenvalue weighted by Gasteiger charge is 2.62. The zero-order valence-corrected chi connectivity index (χ0v) is 24.0. The van der Waals surface area contributed by atoms with E-state index in [1.807, 2.05) is 6.07 Å². The van der Waals surface area contributed by atoms with Crippen LogP contribution >= 0.6 is 0 Å². The van der Waals surface area contributed by atoms with Gasteiger partial charge in [-0.2, -0.15) is 0 Å². The summed E-state index contributed by atoms with van der Waals surface area (Å²) in [7, 11) is 2.22. The van der Waals surface area contributed by atoms with Crippen molar-refractivity contribution in [2.24, 2.45) is 11.7 Å². The zero-order valence-electron chi connectivity index (χ0n) is 24.0. The topological polar surface area (TPSA) is 122 Å². The van der Waals surface area contributed by atoms with Crippen molar-refractivity contribution in [1.29, 1.82) is 0 Å². The van der Waals surface area contributed by atoms with Crippen molar-refractivity contribution in [3.63, 3.8) is 0 Å². The fourth-order valence-corrected chi connectivity index (χ4v) is 7.00. The molecular formula is C32H39N3O7. The minimum atomic E-state index is -0.466. The molecule has 2 aliphatic heterocycles. The van der Waals surface area contributed by atoms with Crippen LogP contribution in [0.4, 0.5) is 0 Å².